The first kappa shape index (κ1) is 13.8. The Bertz CT molecular complexity index is 692. The molecule has 0 radical (unpaired) electrons. The zero-order chi connectivity index (χ0) is 13.9. The fraction of sp³-hybridized carbons (Fsp3) is 0.0714. The van der Waals surface area contributed by atoms with E-state index in [0.717, 1.165) is 5.56 Å². The molecule has 0 N–H and O–H groups in total. The second-order valence-corrected chi connectivity index (χ2v) is 6.00. The highest BCUT2D eigenvalue weighted by Crippen LogP contribution is 2.16. The molecule has 0 atom stereocenters. The minimum absolute atomic E-state index is 0.0406. The maximum atomic E-state index is 12.1. The van der Waals surface area contributed by atoms with Crippen LogP contribution in [0, 0.1) is 6.92 Å². The van der Waals surface area contributed by atoms with Crippen LogP contribution in [0.25, 0.3) is 0 Å². The van der Waals surface area contributed by atoms with Gasteiger partial charge in [0.2, 0.25) is 0 Å². The highest BCUT2D eigenvalue weighted by Gasteiger charge is 2.14. The fourth-order valence-corrected chi connectivity index (χ4v) is 2.80. The standard InChI is InChI=1S/C14H12ClNO2S/c1-11-7-9-13(10-8-11)19(17,18)16-14(15)12-5-3-2-4-6-12/h2-10H,1H3. The van der Waals surface area contributed by atoms with E-state index in [4.69, 9.17) is 11.6 Å². The minimum atomic E-state index is -3.77. The Balaban J connectivity index is 2.39. The average molecular weight is 294 g/mol. The molecule has 0 saturated heterocycles. The summed E-state index contributed by atoms with van der Waals surface area (Å²) < 4.78 is 27.7. The lowest BCUT2D eigenvalue weighted by Gasteiger charge is -2.01. The SMILES string of the molecule is Cc1ccc(S(=O)(=O)N=C(Cl)c2ccccc2)cc1. The first-order chi connectivity index (χ1) is 8.99. The summed E-state index contributed by atoms with van der Waals surface area (Å²) in [5.41, 5.74) is 1.55. The molecule has 0 fully saturated rings. The van der Waals surface area contributed by atoms with E-state index in [1.165, 1.54) is 12.1 Å². The van der Waals surface area contributed by atoms with Crippen molar-refractivity contribution in [2.45, 2.75) is 11.8 Å². The molecule has 0 spiro atoms. The number of benzene rings is 2. The van der Waals surface area contributed by atoms with E-state index < -0.39 is 10.0 Å². The van der Waals surface area contributed by atoms with Gasteiger partial charge in [-0.2, -0.15) is 8.42 Å². The second-order valence-electron chi connectivity index (χ2n) is 4.04. The number of rotatable bonds is 3. The number of hydrogen-bond acceptors (Lipinski definition) is 2. The first-order valence-corrected chi connectivity index (χ1v) is 7.43. The maximum Gasteiger partial charge on any atom is 0.283 e. The molecule has 98 valence electrons. The van der Waals surface area contributed by atoms with Crippen molar-refractivity contribution in [2.24, 2.45) is 4.40 Å². The van der Waals surface area contributed by atoms with E-state index in [2.05, 4.69) is 4.40 Å². The Kier molecular flexibility index (Phi) is 4.02. The van der Waals surface area contributed by atoms with Crippen LogP contribution in [0.15, 0.2) is 63.9 Å². The summed E-state index contributed by atoms with van der Waals surface area (Å²) >= 11 is 5.94. The Hall–Kier alpha value is -1.65. The largest absolute Gasteiger partial charge is 0.283 e. The van der Waals surface area contributed by atoms with Gasteiger partial charge in [-0.25, -0.2) is 0 Å². The van der Waals surface area contributed by atoms with E-state index >= 15 is 0 Å². The summed E-state index contributed by atoms with van der Waals surface area (Å²) in [6.45, 7) is 1.89. The lowest BCUT2D eigenvalue weighted by Crippen LogP contribution is -2.01. The van der Waals surface area contributed by atoms with Crippen LogP contribution in [0.4, 0.5) is 0 Å². The molecule has 2 aromatic rings. The smallest absolute Gasteiger partial charge is 0.199 e. The number of halogens is 1. The zero-order valence-electron chi connectivity index (χ0n) is 10.2. The Morgan fingerprint density at radius 2 is 1.58 bits per heavy atom. The Morgan fingerprint density at radius 1 is 1.00 bits per heavy atom. The topological polar surface area (TPSA) is 46.5 Å². The molecule has 0 heterocycles. The van der Waals surface area contributed by atoms with Gasteiger partial charge in [-0.3, -0.25) is 0 Å². The molecule has 2 rings (SSSR count). The van der Waals surface area contributed by atoms with Gasteiger partial charge in [0, 0.05) is 5.56 Å². The van der Waals surface area contributed by atoms with E-state index in [-0.39, 0.29) is 10.1 Å². The van der Waals surface area contributed by atoms with Gasteiger partial charge in [-0.05, 0) is 19.1 Å². The summed E-state index contributed by atoms with van der Waals surface area (Å²) in [5, 5.41) is -0.0406. The second kappa shape index (κ2) is 5.55. The number of nitrogens with zero attached hydrogens (tertiary/aromatic N) is 1. The third-order valence-electron chi connectivity index (χ3n) is 2.53. The quantitative estimate of drug-likeness (QED) is 0.815. The van der Waals surface area contributed by atoms with Crippen molar-refractivity contribution >= 4 is 26.8 Å². The molecule has 0 bridgehead atoms. The molecule has 0 aliphatic heterocycles. The van der Waals surface area contributed by atoms with E-state index in [9.17, 15) is 8.42 Å². The lowest BCUT2D eigenvalue weighted by atomic mass is 10.2. The van der Waals surface area contributed by atoms with E-state index in [1.54, 1.807) is 36.4 Å². The van der Waals surface area contributed by atoms with Gasteiger partial charge in [0.25, 0.3) is 10.0 Å². The average Bonchev–Trinajstić information content (AvgIpc) is 2.40. The summed E-state index contributed by atoms with van der Waals surface area (Å²) in [7, 11) is -3.77. The van der Waals surface area contributed by atoms with Crippen molar-refractivity contribution < 1.29 is 8.42 Å². The predicted molar refractivity (Wildman–Crippen MR) is 77.2 cm³/mol. The lowest BCUT2D eigenvalue weighted by molar-refractivity contribution is 0.598. The molecule has 0 unspecified atom stereocenters. The van der Waals surface area contributed by atoms with Gasteiger partial charge < -0.3 is 0 Å². The van der Waals surface area contributed by atoms with Crippen LogP contribution >= 0.6 is 11.6 Å². The highest BCUT2D eigenvalue weighted by atomic mass is 35.5. The van der Waals surface area contributed by atoms with E-state index in [0.29, 0.717) is 5.56 Å². The molecule has 0 aromatic heterocycles. The van der Waals surface area contributed by atoms with Crippen LogP contribution in [0.5, 0.6) is 0 Å². The van der Waals surface area contributed by atoms with Crippen molar-refractivity contribution in [2.75, 3.05) is 0 Å². The van der Waals surface area contributed by atoms with Crippen LogP contribution in [0.2, 0.25) is 0 Å². The van der Waals surface area contributed by atoms with Crippen LogP contribution in [-0.4, -0.2) is 13.6 Å². The highest BCUT2D eigenvalue weighted by molar-refractivity contribution is 7.90. The molecule has 5 heteroatoms. The van der Waals surface area contributed by atoms with Gasteiger partial charge in [0.1, 0.15) is 5.17 Å². The van der Waals surface area contributed by atoms with Crippen molar-refractivity contribution in [3.63, 3.8) is 0 Å². The maximum absolute atomic E-state index is 12.1. The normalized spacial score (nSPS) is 12.4. The minimum Gasteiger partial charge on any atom is -0.199 e. The summed E-state index contributed by atoms with van der Waals surface area (Å²) in [6.07, 6.45) is 0. The summed E-state index contributed by atoms with van der Waals surface area (Å²) in [4.78, 5) is 0.132. The van der Waals surface area contributed by atoms with Crippen molar-refractivity contribution in [1.29, 1.82) is 0 Å². The van der Waals surface area contributed by atoms with Gasteiger partial charge in [0.05, 0.1) is 4.90 Å². The van der Waals surface area contributed by atoms with Crippen LogP contribution in [0.1, 0.15) is 11.1 Å². The summed E-state index contributed by atoms with van der Waals surface area (Å²) in [6, 6.07) is 15.2. The molecular weight excluding hydrogens is 282 g/mol. The predicted octanol–water partition coefficient (Wildman–Crippen LogP) is 3.37. The summed E-state index contributed by atoms with van der Waals surface area (Å²) in [5.74, 6) is 0. The Morgan fingerprint density at radius 3 is 2.16 bits per heavy atom. The van der Waals surface area contributed by atoms with Crippen molar-refractivity contribution in [3.8, 4) is 0 Å². The molecule has 0 amide bonds. The molecule has 0 aliphatic rings. The van der Waals surface area contributed by atoms with Gasteiger partial charge in [-0.15, -0.1) is 4.40 Å². The van der Waals surface area contributed by atoms with E-state index in [1.807, 2.05) is 13.0 Å². The monoisotopic (exact) mass is 293 g/mol. The Labute approximate surface area is 117 Å². The van der Waals surface area contributed by atoms with Crippen molar-refractivity contribution in [3.05, 3.63) is 65.7 Å². The molecule has 19 heavy (non-hydrogen) atoms. The fourth-order valence-electron chi connectivity index (χ4n) is 1.50. The van der Waals surface area contributed by atoms with Gasteiger partial charge >= 0.3 is 0 Å². The van der Waals surface area contributed by atoms with Gasteiger partial charge in [0.15, 0.2) is 0 Å². The molecule has 0 saturated carbocycles. The van der Waals surface area contributed by atoms with Crippen LogP contribution < -0.4 is 0 Å². The number of hydrogen-bond donors (Lipinski definition) is 0. The zero-order valence-corrected chi connectivity index (χ0v) is 11.8. The number of aryl methyl sites for hydroxylation is 1. The molecule has 0 aliphatic carbocycles. The molecule has 2 aromatic carbocycles. The third-order valence-corrected chi connectivity index (χ3v) is 4.22. The van der Waals surface area contributed by atoms with Crippen LogP contribution in [0.3, 0.4) is 0 Å². The van der Waals surface area contributed by atoms with Crippen LogP contribution in [-0.2, 0) is 10.0 Å². The number of sulfonamides is 1. The van der Waals surface area contributed by atoms with Gasteiger partial charge in [-0.1, -0.05) is 59.6 Å². The molecule has 3 nitrogen and oxygen atoms in total. The molecular formula is C14H12ClNO2S. The van der Waals surface area contributed by atoms with Crippen molar-refractivity contribution in [1.82, 2.24) is 0 Å². The third kappa shape index (κ3) is 3.43. The first-order valence-electron chi connectivity index (χ1n) is 5.61.